The number of fused-ring (bicyclic) bond motifs is 8. The van der Waals surface area contributed by atoms with Gasteiger partial charge in [0.1, 0.15) is 22.5 Å². The number of benzene rings is 8. The number of hydrogen-bond acceptors (Lipinski definition) is 5. The van der Waals surface area contributed by atoms with E-state index in [0.717, 1.165) is 93.8 Å². The van der Waals surface area contributed by atoms with E-state index < -0.39 is 0 Å². The first-order valence-corrected chi connectivity index (χ1v) is 19.0. The number of rotatable bonds is 5. The minimum Gasteiger partial charge on any atom is -0.456 e. The quantitative estimate of drug-likeness (QED) is 0.176. The van der Waals surface area contributed by atoms with Crippen LogP contribution in [0.2, 0.25) is 0 Å². The van der Waals surface area contributed by atoms with Crippen LogP contribution >= 0.6 is 0 Å². The third-order valence-electron chi connectivity index (χ3n) is 11.0. The molecule has 0 bridgehead atoms. The van der Waals surface area contributed by atoms with E-state index in [1.54, 1.807) is 0 Å². The predicted octanol–water partition coefficient (Wildman–Crippen LogP) is 13.4. The fourth-order valence-corrected chi connectivity index (χ4v) is 8.24. The van der Waals surface area contributed by atoms with Crippen molar-refractivity contribution in [1.29, 1.82) is 0 Å². The zero-order chi connectivity index (χ0) is 37.5. The average Bonchev–Trinajstić information content (AvgIpc) is 3.97. The average molecular weight is 731 g/mol. The van der Waals surface area contributed by atoms with Gasteiger partial charge in [-0.05, 0) is 89.6 Å². The van der Waals surface area contributed by atoms with Crippen LogP contribution in [0.3, 0.4) is 0 Å². The molecule has 266 valence electrons. The molecule has 6 nitrogen and oxygen atoms in total. The number of para-hydroxylation sites is 3. The molecule has 0 saturated heterocycles. The lowest BCUT2D eigenvalue weighted by molar-refractivity contribution is 0.631. The number of hydrogen-bond donors (Lipinski definition) is 0. The molecule has 0 fully saturated rings. The van der Waals surface area contributed by atoms with Crippen molar-refractivity contribution >= 4 is 65.5 Å². The Balaban J connectivity index is 1.03. The van der Waals surface area contributed by atoms with Crippen LogP contribution in [0.25, 0.3) is 117 Å². The minimum absolute atomic E-state index is 0.584. The van der Waals surface area contributed by atoms with Gasteiger partial charge in [-0.1, -0.05) is 103 Å². The molecule has 0 saturated carbocycles. The van der Waals surface area contributed by atoms with Gasteiger partial charge in [-0.15, -0.1) is 0 Å². The molecule has 0 radical (unpaired) electrons. The molecule has 0 atom stereocenters. The van der Waals surface area contributed by atoms with E-state index in [1.165, 1.54) is 5.39 Å². The third kappa shape index (κ3) is 5.15. The lowest BCUT2D eigenvalue weighted by Gasteiger charge is -2.10. The van der Waals surface area contributed by atoms with Crippen molar-refractivity contribution in [3.63, 3.8) is 0 Å². The molecule has 12 aromatic rings. The SMILES string of the molecule is c1ccc(-n2c3ccccc3c3cc(-c4nc(-c5ccc(-c6cc7ccccc7o6)cc5)nc(-c5ccc6oc7cc8ccccc8cc7c6c5)n4)ccc32)cc1. The zero-order valence-corrected chi connectivity index (χ0v) is 30.4. The Bertz CT molecular complexity index is 3490. The lowest BCUT2D eigenvalue weighted by Crippen LogP contribution is -2.00. The molecule has 0 aliphatic heterocycles. The van der Waals surface area contributed by atoms with E-state index in [2.05, 4.69) is 150 Å². The summed E-state index contributed by atoms with van der Waals surface area (Å²) in [6.07, 6.45) is 0. The summed E-state index contributed by atoms with van der Waals surface area (Å²) < 4.78 is 14.8. The molecular formula is C51H30N4O2. The van der Waals surface area contributed by atoms with Gasteiger partial charge in [-0.3, -0.25) is 0 Å². The summed E-state index contributed by atoms with van der Waals surface area (Å²) >= 11 is 0. The molecule has 6 heteroatoms. The van der Waals surface area contributed by atoms with E-state index in [4.69, 9.17) is 23.8 Å². The van der Waals surface area contributed by atoms with E-state index in [1.807, 2.05) is 36.4 Å². The molecule has 0 N–H and O–H groups in total. The second kappa shape index (κ2) is 12.3. The van der Waals surface area contributed by atoms with E-state index >= 15 is 0 Å². The lowest BCUT2D eigenvalue weighted by atomic mass is 10.0. The van der Waals surface area contributed by atoms with E-state index in [9.17, 15) is 0 Å². The topological polar surface area (TPSA) is 69.9 Å². The van der Waals surface area contributed by atoms with Gasteiger partial charge in [0, 0.05) is 54.9 Å². The molecule has 12 rings (SSSR count). The molecule has 0 aliphatic carbocycles. The minimum atomic E-state index is 0.584. The molecule has 0 aliphatic rings. The smallest absolute Gasteiger partial charge is 0.164 e. The van der Waals surface area contributed by atoms with E-state index in [-0.39, 0.29) is 0 Å². The highest BCUT2D eigenvalue weighted by molar-refractivity contribution is 6.12. The van der Waals surface area contributed by atoms with Gasteiger partial charge in [0.2, 0.25) is 0 Å². The van der Waals surface area contributed by atoms with Crippen LogP contribution in [0, 0.1) is 0 Å². The Morgan fingerprint density at radius 3 is 1.70 bits per heavy atom. The Morgan fingerprint density at radius 1 is 0.333 bits per heavy atom. The molecule has 0 spiro atoms. The first kappa shape index (κ1) is 31.5. The Morgan fingerprint density at radius 2 is 0.912 bits per heavy atom. The van der Waals surface area contributed by atoms with Crippen molar-refractivity contribution in [3.05, 3.63) is 182 Å². The highest BCUT2D eigenvalue weighted by Crippen LogP contribution is 2.38. The first-order valence-electron chi connectivity index (χ1n) is 19.0. The van der Waals surface area contributed by atoms with Crippen molar-refractivity contribution in [1.82, 2.24) is 19.5 Å². The van der Waals surface area contributed by atoms with Crippen LogP contribution < -0.4 is 0 Å². The van der Waals surface area contributed by atoms with Crippen LogP contribution in [0.15, 0.2) is 191 Å². The van der Waals surface area contributed by atoms with Gasteiger partial charge < -0.3 is 13.4 Å². The highest BCUT2D eigenvalue weighted by Gasteiger charge is 2.18. The molecule has 4 heterocycles. The fourth-order valence-electron chi connectivity index (χ4n) is 8.24. The van der Waals surface area contributed by atoms with Crippen molar-refractivity contribution in [2.45, 2.75) is 0 Å². The summed E-state index contributed by atoms with van der Waals surface area (Å²) in [5.41, 5.74) is 9.55. The van der Waals surface area contributed by atoms with Crippen molar-refractivity contribution < 1.29 is 8.83 Å². The zero-order valence-electron chi connectivity index (χ0n) is 30.4. The molecule has 8 aromatic carbocycles. The summed E-state index contributed by atoms with van der Waals surface area (Å²) in [6.45, 7) is 0. The second-order valence-corrected chi connectivity index (χ2v) is 14.5. The Hall–Kier alpha value is -7.83. The van der Waals surface area contributed by atoms with Crippen molar-refractivity contribution in [2.75, 3.05) is 0 Å². The van der Waals surface area contributed by atoms with Gasteiger partial charge in [0.15, 0.2) is 17.5 Å². The normalized spacial score (nSPS) is 11.9. The van der Waals surface area contributed by atoms with Crippen LogP contribution in [0.5, 0.6) is 0 Å². The van der Waals surface area contributed by atoms with Gasteiger partial charge in [-0.2, -0.15) is 0 Å². The van der Waals surface area contributed by atoms with Gasteiger partial charge in [-0.25, -0.2) is 15.0 Å². The second-order valence-electron chi connectivity index (χ2n) is 14.5. The summed E-state index contributed by atoms with van der Waals surface area (Å²) in [5.74, 6) is 2.58. The highest BCUT2D eigenvalue weighted by atomic mass is 16.3. The molecule has 4 aromatic heterocycles. The predicted molar refractivity (Wildman–Crippen MR) is 230 cm³/mol. The Labute approximate surface area is 325 Å². The van der Waals surface area contributed by atoms with Gasteiger partial charge in [0.05, 0.1) is 11.0 Å². The van der Waals surface area contributed by atoms with Crippen molar-refractivity contribution in [2.24, 2.45) is 0 Å². The van der Waals surface area contributed by atoms with Crippen LogP contribution in [0.1, 0.15) is 0 Å². The van der Waals surface area contributed by atoms with Crippen LogP contribution in [0.4, 0.5) is 0 Å². The maximum absolute atomic E-state index is 6.35. The fraction of sp³-hybridized carbons (Fsp3) is 0. The summed E-state index contributed by atoms with van der Waals surface area (Å²) in [5, 5.41) is 7.75. The van der Waals surface area contributed by atoms with Crippen LogP contribution in [-0.2, 0) is 0 Å². The summed E-state index contributed by atoms with van der Waals surface area (Å²) in [6, 6.07) is 62.8. The maximum Gasteiger partial charge on any atom is 0.164 e. The standard InChI is InChI=1S/C51H30N4O2/c1-2-13-38(14-3-1)55-43-16-8-7-15-39(43)40-27-36(22-24-44(40)55)50-52-49(32-20-18-31(19-21-32)47-30-35-12-6-9-17-45(35)56-47)53-51(54-50)37-23-25-46-41(28-37)42-26-33-10-4-5-11-34(33)29-48(42)57-46/h1-30H. The maximum atomic E-state index is 6.35. The first-order chi connectivity index (χ1) is 28.2. The molecule has 0 unspecified atom stereocenters. The number of aromatic nitrogens is 4. The van der Waals surface area contributed by atoms with Crippen LogP contribution in [-0.4, -0.2) is 19.5 Å². The molecular weight excluding hydrogens is 701 g/mol. The van der Waals surface area contributed by atoms with Crippen molar-refractivity contribution in [3.8, 4) is 51.2 Å². The summed E-state index contributed by atoms with van der Waals surface area (Å²) in [4.78, 5) is 15.5. The van der Waals surface area contributed by atoms with E-state index in [0.29, 0.717) is 17.5 Å². The number of furan rings is 2. The largest absolute Gasteiger partial charge is 0.456 e. The monoisotopic (exact) mass is 730 g/mol. The summed E-state index contributed by atoms with van der Waals surface area (Å²) in [7, 11) is 0. The van der Waals surface area contributed by atoms with Gasteiger partial charge in [0.25, 0.3) is 0 Å². The molecule has 57 heavy (non-hydrogen) atoms. The number of nitrogens with zero attached hydrogens (tertiary/aromatic N) is 4. The third-order valence-corrected chi connectivity index (χ3v) is 11.0. The van der Waals surface area contributed by atoms with Gasteiger partial charge >= 0.3 is 0 Å². The molecule has 0 amide bonds. The Kier molecular flexibility index (Phi) is 6.83.